The molecule has 0 radical (unpaired) electrons. The zero-order chi connectivity index (χ0) is 12.8. The third-order valence-corrected chi connectivity index (χ3v) is 2.98. The van der Waals surface area contributed by atoms with Crippen LogP contribution < -0.4 is 11.3 Å². The predicted molar refractivity (Wildman–Crippen MR) is 73.1 cm³/mol. The first-order valence-electron chi connectivity index (χ1n) is 6.46. The second kappa shape index (κ2) is 6.31. The van der Waals surface area contributed by atoms with Crippen LogP contribution in [0.15, 0.2) is 35.2 Å². The zero-order valence-corrected chi connectivity index (χ0v) is 10.5. The molecule has 0 bridgehead atoms. The number of hydrogen-bond donors (Lipinski definition) is 1. The summed E-state index contributed by atoms with van der Waals surface area (Å²) in [6, 6.07) is 3.39. The molecule has 96 valence electrons. The van der Waals surface area contributed by atoms with Crippen molar-refractivity contribution in [1.82, 2.24) is 9.78 Å². The van der Waals surface area contributed by atoms with Crippen molar-refractivity contribution in [1.29, 1.82) is 0 Å². The quantitative estimate of drug-likeness (QED) is 0.803. The lowest BCUT2D eigenvalue weighted by Gasteiger charge is -2.09. The molecular weight excluding hydrogens is 226 g/mol. The Kier molecular flexibility index (Phi) is 4.47. The van der Waals surface area contributed by atoms with Gasteiger partial charge in [-0.1, -0.05) is 18.2 Å². The summed E-state index contributed by atoms with van der Waals surface area (Å²) >= 11 is 0. The molecule has 1 heterocycles. The first kappa shape index (κ1) is 12.8. The summed E-state index contributed by atoms with van der Waals surface area (Å²) in [6.45, 7) is 1.29. The molecule has 0 fully saturated rings. The van der Waals surface area contributed by atoms with E-state index in [1.165, 1.54) is 4.68 Å². The van der Waals surface area contributed by atoms with Gasteiger partial charge >= 0.3 is 0 Å². The van der Waals surface area contributed by atoms with Crippen molar-refractivity contribution in [3.8, 4) is 0 Å². The van der Waals surface area contributed by atoms with E-state index in [1.54, 1.807) is 12.1 Å². The third kappa shape index (κ3) is 3.17. The highest BCUT2D eigenvalue weighted by atomic mass is 16.1. The first-order chi connectivity index (χ1) is 8.81. The molecule has 0 saturated carbocycles. The molecule has 18 heavy (non-hydrogen) atoms. The smallest absolute Gasteiger partial charge is 0.266 e. The van der Waals surface area contributed by atoms with Crippen molar-refractivity contribution >= 4 is 5.57 Å². The van der Waals surface area contributed by atoms with Gasteiger partial charge in [-0.05, 0) is 43.9 Å². The number of rotatable bonds is 5. The average molecular weight is 245 g/mol. The molecule has 0 aliphatic heterocycles. The highest BCUT2D eigenvalue weighted by Gasteiger charge is 2.05. The van der Waals surface area contributed by atoms with Crippen LogP contribution in [-0.4, -0.2) is 16.3 Å². The third-order valence-electron chi connectivity index (χ3n) is 2.98. The Balaban J connectivity index is 2.18. The zero-order valence-electron chi connectivity index (χ0n) is 10.5. The molecule has 1 aliphatic carbocycles. The maximum absolute atomic E-state index is 11.7. The molecule has 4 heteroatoms. The Morgan fingerprint density at radius 1 is 1.28 bits per heavy atom. The van der Waals surface area contributed by atoms with Crippen LogP contribution in [0.1, 0.15) is 31.4 Å². The predicted octanol–water partition coefficient (Wildman–Crippen LogP) is 1.72. The molecule has 2 rings (SSSR count). The minimum absolute atomic E-state index is 0.0452. The Hall–Kier alpha value is -1.68. The van der Waals surface area contributed by atoms with Gasteiger partial charge in [-0.3, -0.25) is 4.79 Å². The number of allylic oxidation sites excluding steroid dienone is 4. The summed E-state index contributed by atoms with van der Waals surface area (Å²) < 4.78 is 1.54. The van der Waals surface area contributed by atoms with Gasteiger partial charge in [-0.15, -0.1) is 0 Å². The Labute approximate surface area is 107 Å². The lowest BCUT2D eigenvalue weighted by atomic mass is 10.0. The normalized spacial score (nSPS) is 14.6. The van der Waals surface area contributed by atoms with Crippen molar-refractivity contribution in [2.45, 2.75) is 32.2 Å². The number of aromatic nitrogens is 2. The standard InChI is InChI=1S/C14H19N3O/c15-10-4-5-11-17-14(18)9-8-13(16-17)12-6-2-1-3-7-12/h2,6-9H,1,3-5,10-11,15H2. The molecule has 0 atom stereocenters. The summed E-state index contributed by atoms with van der Waals surface area (Å²) in [7, 11) is 0. The van der Waals surface area contributed by atoms with Crippen LogP contribution in [0, 0.1) is 0 Å². The summed E-state index contributed by atoms with van der Waals surface area (Å²) in [6.07, 6.45) is 10.3. The average Bonchev–Trinajstić information content (AvgIpc) is 2.42. The van der Waals surface area contributed by atoms with Gasteiger partial charge in [0.1, 0.15) is 0 Å². The maximum Gasteiger partial charge on any atom is 0.266 e. The van der Waals surface area contributed by atoms with Gasteiger partial charge < -0.3 is 5.73 Å². The van der Waals surface area contributed by atoms with E-state index in [0.29, 0.717) is 13.1 Å². The van der Waals surface area contributed by atoms with Crippen molar-refractivity contribution in [3.63, 3.8) is 0 Å². The fourth-order valence-electron chi connectivity index (χ4n) is 1.97. The number of aryl methyl sites for hydroxylation is 1. The Bertz CT molecular complexity index is 514. The van der Waals surface area contributed by atoms with Gasteiger partial charge in [-0.25, -0.2) is 4.68 Å². The molecule has 4 nitrogen and oxygen atoms in total. The molecule has 0 amide bonds. The van der Waals surface area contributed by atoms with Crippen LogP contribution in [0.25, 0.3) is 5.57 Å². The second-order valence-electron chi connectivity index (χ2n) is 4.41. The first-order valence-corrected chi connectivity index (χ1v) is 6.46. The van der Waals surface area contributed by atoms with E-state index in [4.69, 9.17) is 5.73 Å². The van der Waals surface area contributed by atoms with Crippen molar-refractivity contribution in [3.05, 3.63) is 46.4 Å². The minimum atomic E-state index is -0.0452. The fraction of sp³-hybridized carbons (Fsp3) is 0.429. The topological polar surface area (TPSA) is 60.9 Å². The number of nitrogens with two attached hydrogens (primary N) is 1. The maximum atomic E-state index is 11.7. The summed E-state index contributed by atoms with van der Waals surface area (Å²) in [5.41, 5.74) is 7.39. The lowest BCUT2D eigenvalue weighted by Crippen LogP contribution is -2.23. The monoisotopic (exact) mass is 245 g/mol. The molecule has 1 aromatic rings. The second-order valence-corrected chi connectivity index (χ2v) is 4.41. The summed E-state index contributed by atoms with van der Waals surface area (Å²) in [5, 5.41) is 4.41. The molecule has 2 N–H and O–H groups in total. The van der Waals surface area contributed by atoms with Crippen LogP contribution in [0.2, 0.25) is 0 Å². The van der Waals surface area contributed by atoms with Gasteiger partial charge in [0.25, 0.3) is 5.56 Å². The lowest BCUT2D eigenvalue weighted by molar-refractivity contribution is 0.533. The molecule has 1 aromatic heterocycles. The van der Waals surface area contributed by atoms with Crippen LogP contribution in [0.5, 0.6) is 0 Å². The Morgan fingerprint density at radius 2 is 2.17 bits per heavy atom. The number of unbranched alkanes of at least 4 members (excludes halogenated alkanes) is 1. The van der Waals surface area contributed by atoms with Gasteiger partial charge in [0, 0.05) is 12.6 Å². The van der Waals surface area contributed by atoms with Gasteiger partial charge in [0.2, 0.25) is 0 Å². The summed E-state index contributed by atoms with van der Waals surface area (Å²) in [5.74, 6) is 0. The Morgan fingerprint density at radius 3 is 2.89 bits per heavy atom. The van der Waals surface area contributed by atoms with E-state index in [1.807, 2.05) is 0 Å². The van der Waals surface area contributed by atoms with E-state index in [0.717, 1.165) is 37.0 Å². The molecular formula is C14H19N3O. The van der Waals surface area contributed by atoms with Gasteiger partial charge in [-0.2, -0.15) is 5.10 Å². The molecule has 0 saturated heterocycles. The van der Waals surface area contributed by atoms with E-state index < -0.39 is 0 Å². The largest absolute Gasteiger partial charge is 0.330 e. The highest BCUT2D eigenvalue weighted by Crippen LogP contribution is 2.18. The number of hydrogen-bond acceptors (Lipinski definition) is 3. The van der Waals surface area contributed by atoms with E-state index in [2.05, 4.69) is 23.3 Å². The van der Waals surface area contributed by atoms with E-state index in [-0.39, 0.29) is 5.56 Å². The molecule has 1 aliphatic rings. The molecule has 0 unspecified atom stereocenters. The van der Waals surface area contributed by atoms with Gasteiger partial charge in [0.05, 0.1) is 5.69 Å². The highest BCUT2D eigenvalue weighted by molar-refractivity contribution is 5.72. The van der Waals surface area contributed by atoms with E-state index in [9.17, 15) is 4.79 Å². The van der Waals surface area contributed by atoms with Crippen molar-refractivity contribution in [2.75, 3.05) is 6.54 Å². The summed E-state index contributed by atoms with van der Waals surface area (Å²) in [4.78, 5) is 11.7. The van der Waals surface area contributed by atoms with Crippen LogP contribution in [0.4, 0.5) is 0 Å². The SMILES string of the molecule is NCCCCn1nc(C2=CCCC=C2)ccc1=O. The fourth-order valence-corrected chi connectivity index (χ4v) is 1.97. The molecule has 0 spiro atoms. The van der Waals surface area contributed by atoms with Crippen LogP contribution in [0.3, 0.4) is 0 Å². The van der Waals surface area contributed by atoms with Crippen LogP contribution >= 0.6 is 0 Å². The van der Waals surface area contributed by atoms with Crippen molar-refractivity contribution in [2.24, 2.45) is 5.73 Å². The van der Waals surface area contributed by atoms with Crippen LogP contribution in [-0.2, 0) is 6.54 Å². The van der Waals surface area contributed by atoms with E-state index >= 15 is 0 Å². The molecule has 0 aromatic carbocycles. The number of nitrogens with zero attached hydrogens (tertiary/aromatic N) is 2. The van der Waals surface area contributed by atoms with Gasteiger partial charge in [0.15, 0.2) is 0 Å². The van der Waals surface area contributed by atoms with Crippen molar-refractivity contribution < 1.29 is 0 Å². The minimum Gasteiger partial charge on any atom is -0.330 e.